The summed E-state index contributed by atoms with van der Waals surface area (Å²) in [6.07, 6.45) is -0.501. The molecule has 0 aliphatic heterocycles. The largest absolute Gasteiger partial charge is 0.445 e. The fourth-order valence-electron chi connectivity index (χ4n) is 2.00. The Labute approximate surface area is 124 Å². The summed E-state index contributed by atoms with van der Waals surface area (Å²) in [5, 5.41) is 11.8. The van der Waals surface area contributed by atoms with Gasteiger partial charge in [-0.1, -0.05) is 48.5 Å². The van der Waals surface area contributed by atoms with Gasteiger partial charge in [-0.2, -0.15) is 5.26 Å². The molecule has 0 spiro atoms. The van der Waals surface area contributed by atoms with Crippen molar-refractivity contribution in [2.45, 2.75) is 19.6 Å². The molecule has 4 nitrogen and oxygen atoms in total. The van der Waals surface area contributed by atoms with Gasteiger partial charge in [-0.15, -0.1) is 0 Å². The minimum Gasteiger partial charge on any atom is -0.445 e. The van der Waals surface area contributed by atoms with E-state index in [9.17, 15) is 4.79 Å². The van der Waals surface area contributed by atoms with Gasteiger partial charge in [0.25, 0.3) is 0 Å². The summed E-state index contributed by atoms with van der Waals surface area (Å²) >= 11 is 0. The van der Waals surface area contributed by atoms with Crippen LogP contribution in [-0.4, -0.2) is 6.09 Å². The number of carbonyl (C=O) groups excluding carboxylic acids is 1. The van der Waals surface area contributed by atoms with Crippen molar-refractivity contribution in [2.24, 2.45) is 0 Å². The van der Waals surface area contributed by atoms with Gasteiger partial charge in [-0.25, -0.2) is 4.79 Å². The summed E-state index contributed by atoms with van der Waals surface area (Å²) in [5.41, 5.74) is 2.25. The Bertz CT molecular complexity index is 647. The van der Waals surface area contributed by atoms with Crippen LogP contribution in [0.1, 0.15) is 29.7 Å². The molecule has 1 amide bonds. The lowest BCUT2D eigenvalue weighted by Crippen LogP contribution is -2.27. The zero-order valence-corrected chi connectivity index (χ0v) is 11.7. The maximum atomic E-state index is 11.8. The van der Waals surface area contributed by atoms with Gasteiger partial charge in [0.2, 0.25) is 0 Å². The SMILES string of the molecule is C[C@H](NC(=O)OCc1ccccc1)c1ccccc1C#N. The summed E-state index contributed by atoms with van der Waals surface area (Å²) in [4.78, 5) is 11.8. The minimum absolute atomic E-state index is 0.222. The lowest BCUT2D eigenvalue weighted by molar-refractivity contribution is 0.136. The van der Waals surface area contributed by atoms with Crippen molar-refractivity contribution in [2.75, 3.05) is 0 Å². The first kappa shape index (κ1) is 14.6. The van der Waals surface area contributed by atoms with E-state index in [2.05, 4.69) is 11.4 Å². The van der Waals surface area contributed by atoms with E-state index in [1.165, 1.54) is 0 Å². The number of nitrogens with zero attached hydrogens (tertiary/aromatic N) is 1. The van der Waals surface area contributed by atoms with Crippen molar-refractivity contribution in [1.82, 2.24) is 5.32 Å². The fourth-order valence-corrected chi connectivity index (χ4v) is 2.00. The molecule has 0 saturated carbocycles. The topological polar surface area (TPSA) is 62.1 Å². The number of nitrogens with one attached hydrogen (secondary N) is 1. The second-order valence-corrected chi connectivity index (χ2v) is 4.63. The highest BCUT2D eigenvalue weighted by Crippen LogP contribution is 2.17. The van der Waals surface area contributed by atoms with Gasteiger partial charge in [0.15, 0.2) is 0 Å². The first-order valence-corrected chi connectivity index (χ1v) is 6.67. The minimum atomic E-state index is -0.501. The van der Waals surface area contributed by atoms with Crippen molar-refractivity contribution in [3.63, 3.8) is 0 Å². The lowest BCUT2D eigenvalue weighted by Gasteiger charge is -2.15. The van der Waals surface area contributed by atoms with Crippen LogP contribution in [0, 0.1) is 11.3 Å². The first-order valence-electron chi connectivity index (χ1n) is 6.67. The molecule has 4 heteroatoms. The van der Waals surface area contributed by atoms with Crippen LogP contribution in [0.2, 0.25) is 0 Å². The molecule has 106 valence electrons. The summed E-state index contributed by atoms with van der Waals surface area (Å²) < 4.78 is 5.16. The van der Waals surface area contributed by atoms with E-state index < -0.39 is 6.09 Å². The summed E-state index contributed by atoms with van der Waals surface area (Å²) in [6, 6.07) is 18.5. The van der Waals surface area contributed by atoms with E-state index in [0.717, 1.165) is 11.1 Å². The number of alkyl carbamates (subject to hydrolysis) is 1. The highest BCUT2D eigenvalue weighted by atomic mass is 16.5. The van der Waals surface area contributed by atoms with Gasteiger partial charge in [0.05, 0.1) is 17.7 Å². The van der Waals surface area contributed by atoms with Gasteiger partial charge < -0.3 is 10.1 Å². The predicted octanol–water partition coefficient (Wildman–Crippen LogP) is 3.55. The number of carbonyl (C=O) groups is 1. The molecule has 0 radical (unpaired) electrons. The number of nitriles is 1. The fraction of sp³-hybridized carbons (Fsp3) is 0.176. The van der Waals surface area contributed by atoms with E-state index in [4.69, 9.17) is 10.00 Å². The molecular formula is C17H16N2O2. The van der Waals surface area contributed by atoms with Crippen LogP contribution < -0.4 is 5.32 Å². The van der Waals surface area contributed by atoms with Crippen molar-refractivity contribution in [1.29, 1.82) is 5.26 Å². The number of amides is 1. The van der Waals surface area contributed by atoms with Crippen LogP contribution in [0.3, 0.4) is 0 Å². The molecule has 0 aliphatic rings. The maximum Gasteiger partial charge on any atom is 0.407 e. The van der Waals surface area contributed by atoms with E-state index >= 15 is 0 Å². The molecule has 1 atom stereocenters. The Morgan fingerprint density at radius 1 is 1.19 bits per heavy atom. The number of hydrogen-bond donors (Lipinski definition) is 1. The standard InChI is InChI=1S/C17H16N2O2/c1-13(16-10-6-5-9-15(16)11-18)19-17(20)21-12-14-7-3-2-4-8-14/h2-10,13H,12H2,1H3,(H,19,20)/t13-/m0/s1. The third-order valence-corrected chi connectivity index (χ3v) is 3.09. The van der Waals surface area contributed by atoms with Gasteiger partial charge in [0, 0.05) is 0 Å². The maximum absolute atomic E-state index is 11.8. The van der Waals surface area contributed by atoms with Crippen molar-refractivity contribution >= 4 is 6.09 Å². The predicted molar refractivity (Wildman–Crippen MR) is 79.3 cm³/mol. The molecule has 1 N–H and O–H groups in total. The Hall–Kier alpha value is -2.80. The third-order valence-electron chi connectivity index (χ3n) is 3.09. The number of benzene rings is 2. The summed E-state index contributed by atoms with van der Waals surface area (Å²) in [5.74, 6) is 0. The van der Waals surface area contributed by atoms with E-state index in [1.807, 2.05) is 49.4 Å². The van der Waals surface area contributed by atoms with Crippen LogP contribution >= 0.6 is 0 Å². The molecule has 21 heavy (non-hydrogen) atoms. The molecule has 0 fully saturated rings. The molecule has 0 aromatic heterocycles. The second kappa shape index (κ2) is 7.11. The van der Waals surface area contributed by atoms with Gasteiger partial charge in [-0.05, 0) is 24.1 Å². The molecule has 0 bridgehead atoms. The van der Waals surface area contributed by atoms with Crippen molar-refractivity contribution < 1.29 is 9.53 Å². The molecule has 0 aliphatic carbocycles. The zero-order valence-electron chi connectivity index (χ0n) is 11.7. The van der Waals surface area contributed by atoms with Crippen molar-refractivity contribution in [3.05, 3.63) is 71.3 Å². The Balaban J connectivity index is 1.92. The monoisotopic (exact) mass is 280 g/mol. The third kappa shape index (κ3) is 4.08. The zero-order chi connectivity index (χ0) is 15.1. The highest BCUT2D eigenvalue weighted by molar-refractivity contribution is 5.68. The highest BCUT2D eigenvalue weighted by Gasteiger charge is 2.13. The first-order chi connectivity index (χ1) is 10.2. The van der Waals surface area contributed by atoms with Crippen molar-refractivity contribution in [3.8, 4) is 6.07 Å². The Kier molecular flexibility index (Phi) is 4.94. The van der Waals surface area contributed by atoms with E-state index in [-0.39, 0.29) is 12.6 Å². The number of hydrogen-bond acceptors (Lipinski definition) is 3. The van der Waals surface area contributed by atoms with Crippen LogP contribution in [0.25, 0.3) is 0 Å². The number of rotatable bonds is 4. The Morgan fingerprint density at radius 3 is 2.57 bits per heavy atom. The van der Waals surface area contributed by atoms with E-state index in [1.54, 1.807) is 12.1 Å². The average Bonchev–Trinajstić information content (AvgIpc) is 2.53. The molecule has 2 aromatic rings. The van der Waals surface area contributed by atoms with Gasteiger partial charge >= 0.3 is 6.09 Å². The summed E-state index contributed by atoms with van der Waals surface area (Å²) in [7, 11) is 0. The molecule has 2 aromatic carbocycles. The normalized spacial score (nSPS) is 11.2. The lowest BCUT2D eigenvalue weighted by atomic mass is 10.0. The quantitative estimate of drug-likeness (QED) is 0.931. The molecule has 0 saturated heterocycles. The van der Waals surface area contributed by atoms with Crippen LogP contribution in [-0.2, 0) is 11.3 Å². The smallest absolute Gasteiger partial charge is 0.407 e. The van der Waals surface area contributed by atoms with Gasteiger partial charge in [0.1, 0.15) is 6.61 Å². The molecule has 0 unspecified atom stereocenters. The van der Waals surface area contributed by atoms with Crippen LogP contribution in [0.4, 0.5) is 4.79 Å². The van der Waals surface area contributed by atoms with Gasteiger partial charge in [-0.3, -0.25) is 0 Å². The molecular weight excluding hydrogens is 264 g/mol. The van der Waals surface area contributed by atoms with Crippen LogP contribution in [0.5, 0.6) is 0 Å². The number of ether oxygens (including phenoxy) is 1. The Morgan fingerprint density at radius 2 is 1.86 bits per heavy atom. The molecule has 2 rings (SSSR count). The second-order valence-electron chi connectivity index (χ2n) is 4.63. The molecule has 0 heterocycles. The van der Waals surface area contributed by atoms with E-state index in [0.29, 0.717) is 5.56 Å². The average molecular weight is 280 g/mol. The summed E-state index contributed by atoms with van der Waals surface area (Å²) in [6.45, 7) is 2.04. The van der Waals surface area contributed by atoms with Crippen LogP contribution in [0.15, 0.2) is 54.6 Å².